The number of fused-ring (bicyclic) bond motifs is 1. The summed E-state index contributed by atoms with van der Waals surface area (Å²) >= 11 is 0. The molecule has 0 spiro atoms. The van der Waals surface area contributed by atoms with Crippen LogP contribution in [-0.4, -0.2) is 36.1 Å². The lowest BCUT2D eigenvalue weighted by Crippen LogP contribution is -2.23. The highest BCUT2D eigenvalue weighted by molar-refractivity contribution is 5.98. The lowest BCUT2D eigenvalue weighted by Gasteiger charge is -2.24. The molecule has 6 nitrogen and oxygen atoms in total. The van der Waals surface area contributed by atoms with Gasteiger partial charge in [-0.2, -0.15) is 0 Å². The molecule has 0 bridgehead atoms. The molecule has 0 saturated heterocycles. The monoisotopic (exact) mass is 352 g/mol. The summed E-state index contributed by atoms with van der Waals surface area (Å²) in [6.45, 7) is 7.40. The van der Waals surface area contributed by atoms with Crippen molar-refractivity contribution in [1.29, 1.82) is 0 Å². The predicted molar refractivity (Wildman–Crippen MR) is 106 cm³/mol. The number of anilines is 2. The van der Waals surface area contributed by atoms with Crippen molar-refractivity contribution in [3.05, 3.63) is 36.4 Å². The highest BCUT2D eigenvalue weighted by Crippen LogP contribution is 2.34. The van der Waals surface area contributed by atoms with Crippen LogP contribution < -0.4 is 15.0 Å². The van der Waals surface area contributed by atoms with Crippen LogP contribution in [0.1, 0.15) is 20.8 Å². The number of benzene rings is 2. The first-order chi connectivity index (χ1) is 12.6. The maximum atomic E-state index is 11.6. The molecule has 6 heteroatoms. The molecule has 26 heavy (non-hydrogen) atoms. The lowest BCUT2D eigenvalue weighted by molar-refractivity contribution is -0.114. The van der Waals surface area contributed by atoms with Gasteiger partial charge in [-0.1, -0.05) is 12.1 Å². The standard InChI is InChI=1S/C20H24N4O2/c1-5-24(6-2)18-12-16-15(11-17(18)21-13(3)25)22-20(23-16)14-9-7-8-10-19(14)26-4/h7-12H,5-6H2,1-4H3,(H,21,25)(H,22,23). The van der Waals surface area contributed by atoms with Crippen molar-refractivity contribution in [1.82, 2.24) is 9.97 Å². The molecule has 0 radical (unpaired) electrons. The summed E-state index contributed by atoms with van der Waals surface area (Å²) in [6.07, 6.45) is 0. The third-order valence-corrected chi connectivity index (χ3v) is 4.38. The fourth-order valence-corrected chi connectivity index (χ4v) is 3.13. The second-order valence-electron chi connectivity index (χ2n) is 6.03. The fourth-order valence-electron chi connectivity index (χ4n) is 3.13. The van der Waals surface area contributed by atoms with E-state index in [0.717, 1.165) is 52.6 Å². The van der Waals surface area contributed by atoms with E-state index >= 15 is 0 Å². The van der Waals surface area contributed by atoms with E-state index < -0.39 is 0 Å². The number of aromatic nitrogens is 2. The minimum atomic E-state index is -0.0988. The second kappa shape index (κ2) is 7.47. The molecule has 0 aliphatic rings. The van der Waals surface area contributed by atoms with Crippen LogP contribution >= 0.6 is 0 Å². The van der Waals surface area contributed by atoms with E-state index in [1.54, 1.807) is 7.11 Å². The average Bonchev–Trinajstić information content (AvgIpc) is 3.05. The van der Waals surface area contributed by atoms with Gasteiger partial charge in [0.2, 0.25) is 5.91 Å². The summed E-state index contributed by atoms with van der Waals surface area (Å²) in [5.41, 5.74) is 4.36. The molecular formula is C20H24N4O2. The number of nitrogens with zero attached hydrogens (tertiary/aromatic N) is 2. The van der Waals surface area contributed by atoms with Gasteiger partial charge in [0, 0.05) is 20.0 Å². The highest BCUT2D eigenvalue weighted by atomic mass is 16.5. The first-order valence-corrected chi connectivity index (χ1v) is 8.77. The minimum Gasteiger partial charge on any atom is -0.496 e. The lowest BCUT2D eigenvalue weighted by atomic mass is 10.2. The number of nitrogens with one attached hydrogen (secondary N) is 2. The van der Waals surface area contributed by atoms with Crippen molar-refractivity contribution < 1.29 is 9.53 Å². The van der Waals surface area contributed by atoms with E-state index in [1.807, 2.05) is 36.4 Å². The van der Waals surface area contributed by atoms with Gasteiger partial charge < -0.3 is 19.9 Å². The first-order valence-electron chi connectivity index (χ1n) is 8.77. The molecule has 0 aliphatic heterocycles. The van der Waals surface area contributed by atoms with Gasteiger partial charge in [-0.3, -0.25) is 4.79 Å². The van der Waals surface area contributed by atoms with Crippen LogP contribution in [0.4, 0.5) is 11.4 Å². The van der Waals surface area contributed by atoms with Crippen LogP contribution in [0.5, 0.6) is 5.75 Å². The van der Waals surface area contributed by atoms with Gasteiger partial charge in [0.1, 0.15) is 11.6 Å². The van der Waals surface area contributed by atoms with Crippen LogP contribution in [0.15, 0.2) is 36.4 Å². The van der Waals surface area contributed by atoms with E-state index in [0.29, 0.717) is 0 Å². The Morgan fingerprint density at radius 3 is 2.62 bits per heavy atom. The van der Waals surface area contributed by atoms with E-state index in [-0.39, 0.29) is 5.91 Å². The predicted octanol–water partition coefficient (Wildman–Crippen LogP) is 4.04. The smallest absolute Gasteiger partial charge is 0.221 e. The van der Waals surface area contributed by atoms with Crippen molar-refractivity contribution >= 4 is 28.3 Å². The van der Waals surface area contributed by atoms with Crippen LogP contribution in [-0.2, 0) is 4.79 Å². The summed E-state index contributed by atoms with van der Waals surface area (Å²) in [5, 5.41) is 2.93. The van der Waals surface area contributed by atoms with Gasteiger partial charge in [0.05, 0.1) is 35.1 Å². The first kappa shape index (κ1) is 17.8. The average molecular weight is 352 g/mol. The number of para-hydroxylation sites is 1. The molecule has 2 aromatic carbocycles. The normalized spacial score (nSPS) is 10.8. The third-order valence-electron chi connectivity index (χ3n) is 4.38. The quantitative estimate of drug-likeness (QED) is 0.702. The second-order valence-corrected chi connectivity index (χ2v) is 6.03. The number of hydrogen-bond acceptors (Lipinski definition) is 4. The number of methoxy groups -OCH3 is 1. The zero-order chi connectivity index (χ0) is 18.7. The van der Waals surface area contributed by atoms with E-state index in [9.17, 15) is 4.79 Å². The molecule has 0 aliphatic carbocycles. The van der Waals surface area contributed by atoms with Gasteiger partial charge in [-0.05, 0) is 38.1 Å². The fraction of sp³-hybridized carbons (Fsp3) is 0.300. The Hall–Kier alpha value is -3.02. The van der Waals surface area contributed by atoms with Crippen LogP contribution in [0.3, 0.4) is 0 Å². The zero-order valence-corrected chi connectivity index (χ0v) is 15.6. The molecule has 0 fully saturated rings. The Kier molecular flexibility index (Phi) is 5.11. The molecule has 1 heterocycles. The van der Waals surface area contributed by atoms with E-state index in [4.69, 9.17) is 9.72 Å². The molecule has 1 aromatic heterocycles. The van der Waals surface area contributed by atoms with Gasteiger partial charge in [-0.25, -0.2) is 4.98 Å². The molecule has 136 valence electrons. The SMILES string of the molecule is CCN(CC)c1cc2[nH]c(-c3ccccc3OC)nc2cc1NC(C)=O. The maximum Gasteiger partial charge on any atom is 0.221 e. The molecule has 0 atom stereocenters. The van der Waals surface area contributed by atoms with Gasteiger partial charge >= 0.3 is 0 Å². The largest absolute Gasteiger partial charge is 0.496 e. The molecule has 1 amide bonds. The summed E-state index contributed by atoms with van der Waals surface area (Å²) < 4.78 is 5.44. The molecule has 3 aromatic rings. The van der Waals surface area contributed by atoms with E-state index in [1.165, 1.54) is 6.92 Å². The van der Waals surface area contributed by atoms with Crippen LogP contribution in [0.25, 0.3) is 22.4 Å². The number of imidazole rings is 1. The number of aromatic amines is 1. The topological polar surface area (TPSA) is 70.2 Å². The Bertz CT molecular complexity index is 929. The highest BCUT2D eigenvalue weighted by Gasteiger charge is 2.15. The van der Waals surface area contributed by atoms with E-state index in [2.05, 4.69) is 29.0 Å². The van der Waals surface area contributed by atoms with Crippen molar-refractivity contribution in [3.63, 3.8) is 0 Å². The van der Waals surface area contributed by atoms with Crippen molar-refractivity contribution in [2.45, 2.75) is 20.8 Å². The maximum absolute atomic E-state index is 11.6. The Balaban J connectivity index is 2.16. The van der Waals surface area contributed by atoms with Crippen molar-refractivity contribution in [3.8, 4) is 17.1 Å². The minimum absolute atomic E-state index is 0.0988. The number of ether oxygens (including phenoxy) is 1. The summed E-state index contributed by atoms with van der Waals surface area (Å²) in [5.74, 6) is 1.40. The Morgan fingerprint density at radius 2 is 1.96 bits per heavy atom. The van der Waals surface area contributed by atoms with Crippen LogP contribution in [0.2, 0.25) is 0 Å². The number of rotatable bonds is 6. The number of H-pyrrole nitrogens is 1. The van der Waals surface area contributed by atoms with Gasteiger partial charge in [-0.15, -0.1) is 0 Å². The van der Waals surface area contributed by atoms with Crippen LogP contribution in [0, 0.1) is 0 Å². The Labute approximate surface area is 153 Å². The third kappa shape index (κ3) is 3.35. The van der Waals surface area contributed by atoms with Crippen molar-refractivity contribution in [2.24, 2.45) is 0 Å². The summed E-state index contributed by atoms with van der Waals surface area (Å²) in [7, 11) is 1.65. The van der Waals surface area contributed by atoms with Gasteiger partial charge in [0.25, 0.3) is 0 Å². The molecule has 0 unspecified atom stereocenters. The molecule has 2 N–H and O–H groups in total. The summed E-state index contributed by atoms with van der Waals surface area (Å²) in [6, 6.07) is 11.7. The number of carbonyl (C=O) groups is 1. The van der Waals surface area contributed by atoms with Crippen molar-refractivity contribution in [2.75, 3.05) is 30.4 Å². The molecular weight excluding hydrogens is 328 g/mol. The number of carbonyl (C=O) groups excluding carboxylic acids is 1. The molecule has 0 saturated carbocycles. The van der Waals surface area contributed by atoms with Gasteiger partial charge in [0.15, 0.2) is 0 Å². The molecule has 3 rings (SSSR count). The zero-order valence-electron chi connectivity index (χ0n) is 15.6. The number of hydrogen-bond donors (Lipinski definition) is 2. The summed E-state index contributed by atoms with van der Waals surface area (Å²) in [4.78, 5) is 21.9. The number of amides is 1. The Morgan fingerprint density at radius 1 is 1.23 bits per heavy atom.